The maximum atomic E-state index is 13.6. The highest BCUT2D eigenvalue weighted by Crippen LogP contribution is 2.43. The van der Waals surface area contributed by atoms with Gasteiger partial charge in [0.1, 0.15) is 0 Å². The van der Waals surface area contributed by atoms with Crippen LogP contribution in [0.4, 0.5) is 5.69 Å². The van der Waals surface area contributed by atoms with Crippen LogP contribution in [0.2, 0.25) is 0 Å². The number of benzene rings is 1. The molecule has 1 aromatic carbocycles. The zero-order valence-electron chi connectivity index (χ0n) is 19.3. The fourth-order valence-corrected chi connectivity index (χ4v) is 8.39. The van der Waals surface area contributed by atoms with Crippen molar-refractivity contribution in [1.29, 1.82) is 0 Å². The van der Waals surface area contributed by atoms with Crippen LogP contribution < -0.4 is 10.6 Å². The summed E-state index contributed by atoms with van der Waals surface area (Å²) in [5.74, 6) is -0.493. The molecule has 4 heterocycles. The summed E-state index contributed by atoms with van der Waals surface area (Å²) in [5, 5.41) is 0. The molecule has 3 saturated heterocycles. The van der Waals surface area contributed by atoms with E-state index in [1.807, 2.05) is 19.0 Å². The first-order chi connectivity index (χ1) is 15.7. The third-order valence-electron chi connectivity index (χ3n) is 7.99. The van der Waals surface area contributed by atoms with Crippen LogP contribution in [0.25, 0.3) is 0 Å². The number of hydrogen-bond acceptors (Lipinski definition) is 5. The number of carbonyl (C=O) groups excluding carboxylic acids is 2. The molecule has 1 aromatic rings. The quantitative estimate of drug-likeness (QED) is 0.682. The Morgan fingerprint density at radius 2 is 1.67 bits per heavy atom. The first-order valence-electron chi connectivity index (χ1n) is 11.9. The van der Waals surface area contributed by atoms with Crippen molar-refractivity contribution in [2.45, 2.75) is 69.1 Å². The standard InChI is InChI=1S/C23H33N5O4S/c1-25(2)17-7-9-26(10-8-17)33(31,32)28-18-4-5-19(28)14-20(13-18)27-21-6-3-15(23(24)30)11-16(21)12-22(27)29/h3,6,11,17-20H,4-5,7-10,12-14H2,1-2H3,(H2,24,30). The summed E-state index contributed by atoms with van der Waals surface area (Å²) in [5.41, 5.74) is 7.45. The minimum Gasteiger partial charge on any atom is -0.366 e. The number of primary amides is 1. The van der Waals surface area contributed by atoms with E-state index < -0.39 is 16.1 Å². The lowest BCUT2D eigenvalue weighted by atomic mass is 9.98. The molecule has 33 heavy (non-hydrogen) atoms. The second kappa shape index (κ2) is 8.33. The number of carbonyl (C=O) groups is 2. The van der Waals surface area contributed by atoms with Crippen molar-refractivity contribution in [1.82, 2.24) is 13.5 Å². The molecule has 0 radical (unpaired) electrons. The van der Waals surface area contributed by atoms with Crippen molar-refractivity contribution in [2.75, 3.05) is 32.1 Å². The van der Waals surface area contributed by atoms with Gasteiger partial charge in [0.05, 0.1) is 6.42 Å². The van der Waals surface area contributed by atoms with Crippen molar-refractivity contribution in [3.63, 3.8) is 0 Å². The molecular formula is C23H33N5O4S. The maximum Gasteiger partial charge on any atom is 0.282 e. The third kappa shape index (κ3) is 3.86. The van der Waals surface area contributed by atoms with E-state index in [-0.39, 0.29) is 30.5 Å². The zero-order valence-corrected chi connectivity index (χ0v) is 20.1. The van der Waals surface area contributed by atoms with E-state index in [0.717, 1.165) is 36.9 Å². The van der Waals surface area contributed by atoms with Crippen LogP contribution >= 0.6 is 0 Å². The van der Waals surface area contributed by atoms with Crippen LogP contribution in [0, 0.1) is 0 Å². The van der Waals surface area contributed by atoms with E-state index in [9.17, 15) is 18.0 Å². The summed E-state index contributed by atoms with van der Waals surface area (Å²) < 4.78 is 30.6. The van der Waals surface area contributed by atoms with Gasteiger partial charge in [0.25, 0.3) is 10.2 Å². The fraction of sp³-hybridized carbons (Fsp3) is 0.652. The number of nitrogens with zero attached hydrogens (tertiary/aromatic N) is 4. The molecule has 2 unspecified atom stereocenters. The molecule has 4 aliphatic heterocycles. The molecule has 3 fully saturated rings. The average Bonchev–Trinajstić information content (AvgIpc) is 3.26. The molecule has 2 atom stereocenters. The summed E-state index contributed by atoms with van der Waals surface area (Å²) in [6.45, 7) is 1.12. The van der Waals surface area contributed by atoms with E-state index in [1.54, 1.807) is 26.8 Å². The largest absolute Gasteiger partial charge is 0.366 e. The average molecular weight is 476 g/mol. The van der Waals surface area contributed by atoms with Gasteiger partial charge in [-0.3, -0.25) is 9.59 Å². The molecule has 9 nitrogen and oxygen atoms in total. The van der Waals surface area contributed by atoms with E-state index in [1.165, 1.54) is 0 Å². The Kier molecular flexibility index (Phi) is 5.75. The second-order valence-electron chi connectivity index (χ2n) is 10.1. The summed E-state index contributed by atoms with van der Waals surface area (Å²) in [4.78, 5) is 28.5. The molecule has 2 N–H and O–H groups in total. The highest BCUT2D eigenvalue weighted by atomic mass is 32.2. The molecule has 0 aliphatic carbocycles. The number of hydrogen-bond donors (Lipinski definition) is 1. The van der Waals surface area contributed by atoms with Crippen LogP contribution in [0.15, 0.2) is 18.2 Å². The minimum absolute atomic E-state index is 0.0121. The molecule has 10 heteroatoms. The lowest BCUT2D eigenvalue weighted by molar-refractivity contribution is -0.118. The molecule has 2 bridgehead atoms. The van der Waals surface area contributed by atoms with Crippen molar-refractivity contribution in [2.24, 2.45) is 5.73 Å². The van der Waals surface area contributed by atoms with E-state index in [0.29, 0.717) is 37.5 Å². The van der Waals surface area contributed by atoms with Gasteiger partial charge in [-0.15, -0.1) is 0 Å². The number of anilines is 1. The normalized spacial score (nSPS) is 29.1. The van der Waals surface area contributed by atoms with Crippen LogP contribution in [0.1, 0.15) is 54.4 Å². The van der Waals surface area contributed by atoms with E-state index in [2.05, 4.69) is 4.90 Å². The predicted molar refractivity (Wildman–Crippen MR) is 125 cm³/mol. The van der Waals surface area contributed by atoms with Crippen molar-refractivity contribution in [3.05, 3.63) is 29.3 Å². The van der Waals surface area contributed by atoms with E-state index in [4.69, 9.17) is 5.73 Å². The Labute approximate surface area is 195 Å². The Morgan fingerprint density at radius 1 is 1.03 bits per heavy atom. The van der Waals surface area contributed by atoms with Gasteiger partial charge in [0, 0.05) is 48.5 Å². The summed E-state index contributed by atoms with van der Waals surface area (Å²) >= 11 is 0. The Bertz CT molecular complexity index is 1050. The molecule has 2 amide bonds. The Hall–Kier alpha value is -2.01. The molecule has 0 saturated carbocycles. The molecule has 0 spiro atoms. The van der Waals surface area contributed by atoms with Gasteiger partial charge < -0.3 is 15.5 Å². The van der Waals surface area contributed by atoms with E-state index >= 15 is 0 Å². The Balaban J connectivity index is 1.32. The van der Waals surface area contributed by atoms with Crippen LogP contribution in [-0.4, -0.2) is 85.1 Å². The minimum atomic E-state index is -3.51. The van der Waals surface area contributed by atoms with Gasteiger partial charge >= 0.3 is 0 Å². The number of amides is 2. The van der Waals surface area contributed by atoms with Crippen LogP contribution in [0.3, 0.4) is 0 Å². The SMILES string of the molecule is CN(C)C1CCN(S(=O)(=O)N2C3CCC2CC(N2C(=O)Cc4cc(C(N)=O)ccc42)C3)CC1. The molecule has 4 aliphatic rings. The molecular weight excluding hydrogens is 442 g/mol. The predicted octanol–water partition coefficient (Wildman–Crippen LogP) is 0.941. The van der Waals surface area contributed by atoms with Gasteiger partial charge in [0.2, 0.25) is 11.8 Å². The van der Waals surface area contributed by atoms with Crippen LogP contribution in [-0.2, 0) is 21.4 Å². The third-order valence-corrected chi connectivity index (χ3v) is 10.1. The molecule has 5 rings (SSSR count). The lowest BCUT2D eigenvalue weighted by Crippen LogP contribution is -2.58. The number of nitrogens with two attached hydrogens (primary N) is 1. The van der Waals surface area contributed by atoms with Gasteiger partial charge in [-0.2, -0.15) is 17.0 Å². The number of fused-ring (bicyclic) bond motifs is 3. The maximum absolute atomic E-state index is 13.6. The zero-order chi connectivity index (χ0) is 23.5. The summed E-state index contributed by atoms with van der Waals surface area (Å²) in [7, 11) is 0.583. The topological polar surface area (TPSA) is 107 Å². The first-order valence-corrected chi connectivity index (χ1v) is 13.3. The smallest absolute Gasteiger partial charge is 0.282 e. The van der Waals surface area contributed by atoms with Gasteiger partial charge in [0.15, 0.2) is 0 Å². The van der Waals surface area contributed by atoms with Gasteiger partial charge in [-0.25, -0.2) is 0 Å². The lowest BCUT2D eigenvalue weighted by Gasteiger charge is -2.44. The fourth-order valence-electron chi connectivity index (χ4n) is 6.31. The first kappa shape index (κ1) is 22.8. The Morgan fingerprint density at radius 3 is 2.24 bits per heavy atom. The van der Waals surface area contributed by atoms with Gasteiger partial charge in [-0.05, 0) is 76.4 Å². The van der Waals surface area contributed by atoms with Gasteiger partial charge in [-0.1, -0.05) is 0 Å². The van der Waals surface area contributed by atoms with Crippen molar-refractivity contribution < 1.29 is 18.0 Å². The molecule has 180 valence electrons. The monoisotopic (exact) mass is 475 g/mol. The highest BCUT2D eigenvalue weighted by Gasteiger charge is 2.51. The summed E-state index contributed by atoms with van der Waals surface area (Å²) in [6.07, 6.45) is 4.92. The molecule has 0 aromatic heterocycles. The van der Waals surface area contributed by atoms with Crippen molar-refractivity contribution >= 4 is 27.7 Å². The number of rotatable bonds is 5. The van der Waals surface area contributed by atoms with Crippen LogP contribution in [0.5, 0.6) is 0 Å². The second-order valence-corrected chi connectivity index (χ2v) is 11.9. The van der Waals surface area contributed by atoms with Crippen molar-refractivity contribution in [3.8, 4) is 0 Å². The summed E-state index contributed by atoms with van der Waals surface area (Å²) in [6, 6.07) is 5.43. The number of piperidine rings is 2. The highest BCUT2D eigenvalue weighted by molar-refractivity contribution is 7.86.